The molecule has 1 amide bonds. The Kier molecular flexibility index (Phi) is 3.18. The highest BCUT2D eigenvalue weighted by molar-refractivity contribution is 5.95. The van der Waals surface area contributed by atoms with Gasteiger partial charge in [0, 0.05) is 28.7 Å². The number of carbonyl (C=O) groups excluding carboxylic acids is 1. The SMILES string of the molecule is O=C(O)Cn1ccc2cc(NC(=O)C3CCC3)ccc21. The molecule has 1 aliphatic rings. The lowest BCUT2D eigenvalue weighted by atomic mass is 9.85. The predicted molar refractivity (Wildman–Crippen MR) is 75.5 cm³/mol. The van der Waals surface area contributed by atoms with E-state index >= 15 is 0 Å². The third-order valence-electron chi connectivity index (χ3n) is 3.82. The third kappa shape index (κ3) is 2.39. The van der Waals surface area contributed by atoms with E-state index in [1.807, 2.05) is 24.3 Å². The fourth-order valence-corrected chi connectivity index (χ4v) is 2.48. The number of hydrogen-bond donors (Lipinski definition) is 2. The van der Waals surface area contributed by atoms with Gasteiger partial charge in [-0.25, -0.2) is 0 Å². The smallest absolute Gasteiger partial charge is 0.323 e. The summed E-state index contributed by atoms with van der Waals surface area (Å²) in [6.07, 6.45) is 4.83. The van der Waals surface area contributed by atoms with Crippen molar-refractivity contribution in [2.45, 2.75) is 25.8 Å². The maximum atomic E-state index is 11.9. The molecule has 1 saturated carbocycles. The van der Waals surface area contributed by atoms with Crippen LogP contribution in [0.4, 0.5) is 5.69 Å². The van der Waals surface area contributed by atoms with Gasteiger partial charge < -0.3 is 15.0 Å². The average Bonchev–Trinajstić information content (AvgIpc) is 2.68. The number of hydrogen-bond acceptors (Lipinski definition) is 2. The molecule has 0 unspecified atom stereocenters. The summed E-state index contributed by atoms with van der Waals surface area (Å²) in [5, 5.41) is 12.7. The molecule has 3 rings (SSSR count). The summed E-state index contributed by atoms with van der Waals surface area (Å²) in [5.41, 5.74) is 1.62. The molecule has 0 radical (unpaired) electrons. The molecule has 5 nitrogen and oxygen atoms in total. The van der Waals surface area contributed by atoms with Crippen molar-refractivity contribution in [1.29, 1.82) is 0 Å². The molecular weight excluding hydrogens is 256 g/mol. The highest BCUT2D eigenvalue weighted by Crippen LogP contribution is 2.28. The van der Waals surface area contributed by atoms with Crippen molar-refractivity contribution in [1.82, 2.24) is 4.57 Å². The standard InChI is InChI=1S/C15H16N2O3/c18-14(19)9-17-7-6-11-8-12(4-5-13(11)17)16-15(20)10-2-1-3-10/h4-8,10H,1-3,9H2,(H,16,20)(H,18,19). The van der Waals surface area contributed by atoms with Gasteiger partial charge in [-0.3, -0.25) is 9.59 Å². The van der Waals surface area contributed by atoms with E-state index in [9.17, 15) is 9.59 Å². The maximum Gasteiger partial charge on any atom is 0.323 e. The highest BCUT2D eigenvalue weighted by Gasteiger charge is 2.25. The summed E-state index contributed by atoms with van der Waals surface area (Å²) in [6, 6.07) is 7.40. The molecule has 0 spiro atoms. The van der Waals surface area contributed by atoms with Gasteiger partial charge in [0.2, 0.25) is 5.91 Å². The third-order valence-corrected chi connectivity index (χ3v) is 3.82. The minimum atomic E-state index is -0.870. The molecule has 0 aliphatic heterocycles. The van der Waals surface area contributed by atoms with Gasteiger partial charge in [0.1, 0.15) is 6.54 Å². The van der Waals surface area contributed by atoms with Crippen LogP contribution in [0.15, 0.2) is 30.5 Å². The average molecular weight is 272 g/mol. The van der Waals surface area contributed by atoms with Gasteiger partial charge in [-0.1, -0.05) is 6.42 Å². The van der Waals surface area contributed by atoms with E-state index in [2.05, 4.69) is 5.32 Å². The van der Waals surface area contributed by atoms with Crippen molar-refractivity contribution in [2.75, 3.05) is 5.32 Å². The van der Waals surface area contributed by atoms with E-state index in [1.165, 1.54) is 0 Å². The van der Waals surface area contributed by atoms with Crippen LogP contribution in [-0.4, -0.2) is 21.6 Å². The van der Waals surface area contributed by atoms with Crippen LogP contribution in [-0.2, 0) is 16.1 Å². The molecule has 1 aliphatic carbocycles. The van der Waals surface area contributed by atoms with Crippen molar-refractivity contribution in [3.8, 4) is 0 Å². The van der Waals surface area contributed by atoms with Crippen LogP contribution in [0.25, 0.3) is 10.9 Å². The Morgan fingerprint density at radius 3 is 2.75 bits per heavy atom. The van der Waals surface area contributed by atoms with Crippen molar-refractivity contribution < 1.29 is 14.7 Å². The summed E-state index contributed by atoms with van der Waals surface area (Å²) in [4.78, 5) is 22.6. The maximum absolute atomic E-state index is 11.9. The first-order valence-corrected chi connectivity index (χ1v) is 6.75. The number of carboxylic acids is 1. The van der Waals surface area contributed by atoms with Crippen LogP contribution >= 0.6 is 0 Å². The molecule has 2 aromatic rings. The van der Waals surface area contributed by atoms with Crippen LogP contribution in [0.5, 0.6) is 0 Å². The van der Waals surface area contributed by atoms with Gasteiger partial charge in [-0.15, -0.1) is 0 Å². The van der Waals surface area contributed by atoms with Crippen molar-refractivity contribution >= 4 is 28.5 Å². The molecule has 0 saturated heterocycles. The van der Waals surface area contributed by atoms with Gasteiger partial charge >= 0.3 is 5.97 Å². The summed E-state index contributed by atoms with van der Waals surface area (Å²) >= 11 is 0. The zero-order chi connectivity index (χ0) is 14.1. The molecule has 20 heavy (non-hydrogen) atoms. The summed E-state index contributed by atoms with van der Waals surface area (Å²) in [7, 11) is 0. The molecule has 1 heterocycles. The lowest BCUT2D eigenvalue weighted by Gasteiger charge is -2.24. The van der Waals surface area contributed by atoms with Crippen LogP contribution < -0.4 is 5.32 Å². The van der Waals surface area contributed by atoms with Crippen LogP contribution in [0.1, 0.15) is 19.3 Å². The van der Waals surface area contributed by atoms with Gasteiger partial charge in [-0.05, 0) is 37.1 Å². The monoisotopic (exact) mass is 272 g/mol. The van der Waals surface area contributed by atoms with Gasteiger partial charge in [-0.2, -0.15) is 0 Å². The van der Waals surface area contributed by atoms with Crippen LogP contribution in [0.3, 0.4) is 0 Å². The lowest BCUT2D eigenvalue weighted by molar-refractivity contribution is -0.137. The van der Waals surface area contributed by atoms with E-state index in [0.29, 0.717) is 0 Å². The Labute approximate surface area is 116 Å². The van der Waals surface area contributed by atoms with Crippen molar-refractivity contribution in [2.24, 2.45) is 5.92 Å². The topological polar surface area (TPSA) is 71.3 Å². The van der Waals surface area contributed by atoms with Crippen LogP contribution in [0.2, 0.25) is 0 Å². The molecule has 1 aromatic heterocycles. The number of nitrogens with zero attached hydrogens (tertiary/aromatic N) is 1. The molecule has 1 aromatic carbocycles. The minimum absolute atomic E-state index is 0.0583. The first-order valence-electron chi connectivity index (χ1n) is 6.75. The molecule has 2 N–H and O–H groups in total. The Morgan fingerprint density at radius 2 is 2.10 bits per heavy atom. The predicted octanol–water partition coefficient (Wildman–Crippen LogP) is 2.46. The molecule has 0 atom stereocenters. The largest absolute Gasteiger partial charge is 0.480 e. The number of nitrogens with one attached hydrogen (secondary N) is 1. The Morgan fingerprint density at radius 1 is 1.30 bits per heavy atom. The summed E-state index contributed by atoms with van der Waals surface area (Å²) < 4.78 is 1.68. The number of carbonyl (C=O) groups is 2. The number of aliphatic carboxylic acids is 1. The summed E-state index contributed by atoms with van der Waals surface area (Å²) in [5.74, 6) is -0.632. The number of fused-ring (bicyclic) bond motifs is 1. The van der Waals surface area contributed by atoms with Crippen LogP contribution in [0, 0.1) is 5.92 Å². The number of aromatic nitrogens is 1. The fraction of sp³-hybridized carbons (Fsp3) is 0.333. The number of amides is 1. The molecular formula is C15H16N2O3. The zero-order valence-corrected chi connectivity index (χ0v) is 11.0. The molecule has 0 bridgehead atoms. The van der Waals surface area contributed by atoms with E-state index in [0.717, 1.165) is 35.9 Å². The second-order valence-electron chi connectivity index (χ2n) is 5.23. The van der Waals surface area contributed by atoms with E-state index in [1.54, 1.807) is 10.8 Å². The van der Waals surface area contributed by atoms with Gasteiger partial charge in [0.15, 0.2) is 0 Å². The quantitative estimate of drug-likeness (QED) is 0.898. The number of carboxylic acid groups (broad SMARTS) is 1. The van der Waals surface area contributed by atoms with Gasteiger partial charge in [0.25, 0.3) is 0 Å². The molecule has 104 valence electrons. The van der Waals surface area contributed by atoms with E-state index in [-0.39, 0.29) is 18.4 Å². The first kappa shape index (κ1) is 12.7. The number of anilines is 1. The fourth-order valence-electron chi connectivity index (χ4n) is 2.48. The van der Waals surface area contributed by atoms with Crippen molar-refractivity contribution in [3.63, 3.8) is 0 Å². The second-order valence-corrected chi connectivity index (χ2v) is 5.23. The van der Waals surface area contributed by atoms with E-state index < -0.39 is 5.97 Å². The Balaban J connectivity index is 1.80. The highest BCUT2D eigenvalue weighted by atomic mass is 16.4. The zero-order valence-electron chi connectivity index (χ0n) is 11.0. The Bertz CT molecular complexity index is 671. The second kappa shape index (κ2) is 5.00. The Hall–Kier alpha value is -2.30. The first-order chi connectivity index (χ1) is 9.63. The number of benzene rings is 1. The molecule has 5 heteroatoms. The van der Waals surface area contributed by atoms with Gasteiger partial charge in [0.05, 0.1) is 0 Å². The lowest BCUT2D eigenvalue weighted by Crippen LogP contribution is -2.27. The number of rotatable bonds is 4. The minimum Gasteiger partial charge on any atom is -0.480 e. The normalized spacial score (nSPS) is 15.0. The van der Waals surface area contributed by atoms with Crippen molar-refractivity contribution in [3.05, 3.63) is 30.5 Å². The van der Waals surface area contributed by atoms with E-state index in [4.69, 9.17) is 5.11 Å². The summed E-state index contributed by atoms with van der Waals surface area (Å²) in [6.45, 7) is -0.0583. The molecule has 1 fully saturated rings.